The third-order valence-electron chi connectivity index (χ3n) is 8.03. The van der Waals surface area contributed by atoms with E-state index in [9.17, 15) is 4.79 Å². The molecule has 5 heterocycles. The van der Waals surface area contributed by atoms with Gasteiger partial charge in [0.05, 0.1) is 31.5 Å². The first kappa shape index (κ1) is 30.0. The van der Waals surface area contributed by atoms with Gasteiger partial charge in [0, 0.05) is 85.3 Å². The van der Waals surface area contributed by atoms with Gasteiger partial charge in [0.1, 0.15) is 5.65 Å². The molecule has 0 unspecified atom stereocenters. The van der Waals surface area contributed by atoms with Crippen LogP contribution in [-0.4, -0.2) is 76.5 Å². The average molecular weight is 635 g/mol. The van der Waals surface area contributed by atoms with Crippen molar-refractivity contribution >= 4 is 40.3 Å². The van der Waals surface area contributed by atoms with Crippen molar-refractivity contribution in [3.63, 3.8) is 0 Å². The molecule has 0 saturated carbocycles. The van der Waals surface area contributed by atoms with Gasteiger partial charge < -0.3 is 24.8 Å². The molecule has 0 atom stereocenters. The third-order valence-corrected chi connectivity index (χ3v) is 9.15. The fourth-order valence-corrected chi connectivity index (χ4v) is 6.34. The molecule has 0 spiro atoms. The molecule has 2 aliphatic rings. The van der Waals surface area contributed by atoms with E-state index in [1.807, 2.05) is 43.3 Å². The van der Waals surface area contributed by atoms with E-state index in [0.29, 0.717) is 40.9 Å². The Morgan fingerprint density at radius 2 is 1.76 bits per heavy atom. The smallest absolute Gasteiger partial charge is 0.268 e. The summed E-state index contributed by atoms with van der Waals surface area (Å²) in [6, 6.07) is 17.9. The number of piperazine rings is 1. The van der Waals surface area contributed by atoms with Crippen LogP contribution in [0.2, 0.25) is 0 Å². The molecule has 7 rings (SSSR count). The second-order valence-corrected chi connectivity index (χ2v) is 12.2. The van der Waals surface area contributed by atoms with E-state index in [2.05, 4.69) is 54.0 Å². The van der Waals surface area contributed by atoms with Crippen LogP contribution in [0.3, 0.4) is 0 Å². The molecule has 2 aliphatic heterocycles. The van der Waals surface area contributed by atoms with Crippen LogP contribution >= 0.6 is 11.9 Å². The molecule has 12 heteroatoms. The Balaban J connectivity index is 1.23. The number of ether oxygens (including phenoxy) is 1. The van der Waals surface area contributed by atoms with Gasteiger partial charge in [0.2, 0.25) is 11.0 Å². The lowest BCUT2D eigenvalue weighted by Crippen LogP contribution is -2.43. The fourth-order valence-electron chi connectivity index (χ4n) is 5.47. The van der Waals surface area contributed by atoms with Crippen LogP contribution in [0.1, 0.15) is 22.3 Å². The molecule has 234 valence electrons. The van der Waals surface area contributed by atoms with Gasteiger partial charge in [-0.1, -0.05) is 35.2 Å². The van der Waals surface area contributed by atoms with Crippen molar-refractivity contribution in [2.75, 3.05) is 62.7 Å². The first-order valence-electron chi connectivity index (χ1n) is 15.4. The summed E-state index contributed by atoms with van der Waals surface area (Å²) in [4.78, 5) is 25.8. The Bertz CT molecular complexity index is 1950. The Hall–Kier alpha value is -4.67. The first-order valence-corrected chi connectivity index (χ1v) is 16.1. The molecular formula is C34H34N8O3S. The predicted octanol–water partition coefficient (Wildman–Crippen LogP) is 4.03. The second-order valence-electron chi connectivity index (χ2n) is 11.2. The van der Waals surface area contributed by atoms with Gasteiger partial charge >= 0.3 is 0 Å². The quantitative estimate of drug-likeness (QED) is 0.200. The number of aromatic nitrogens is 4. The van der Waals surface area contributed by atoms with Crippen molar-refractivity contribution in [3.05, 3.63) is 99.6 Å². The maximum atomic E-state index is 14.1. The van der Waals surface area contributed by atoms with Crippen molar-refractivity contribution in [3.8, 4) is 11.8 Å². The van der Waals surface area contributed by atoms with Gasteiger partial charge in [-0.15, -0.1) is 0 Å². The number of nitrogens with zero attached hydrogens (tertiary/aromatic N) is 6. The zero-order chi connectivity index (χ0) is 31.3. The highest BCUT2D eigenvalue weighted by atomic mass is 32.2. The standard InChI is InChI=1S/C34H34N8O3S/c1-24-4-2-3-5-25(24)6-7-26-20-27-21-36-34(38-29-8-10-30(11-9-29)40-14-12-35-13-15-40)39-31(27)42(32(26)43)23-28-22-37-45-33(28)46-41-16-18-44-19-17-41/h2-5,8-11,20-22,35H,12-19,23H2,1H3,(H,36,38,39). The highest BCUT2D eigenvalue weighted by molar-refractivity contribution is 7.96. The topological polar surface area (TPSA) is 114 Å². The van der Waals surface area contributed by atoms with Crippen LogP contribution in [0, 0.1) is 18.8 Å². The van der Waals surface area contributed by atoms with E-state index < -0.39 is 0 Å². The summed E-state index contributed by atoms with van der Waals surface area (Å²) in [6.45, 7) is 9.00. The molecule has 2 aromatic carbocycles. The Morgan fingerprint density at radius 3 is 2.57 bits per heavy atom. The van der Waals surface area contributed by atoms with Crippen LogP contribution in [0.25, 0.3) is 11.0 Å². The molecule has 3 aromatic heterocycles. The van der Waals surface area contributed by atoms with Gasteiger partial charge in [0.15, 0.2) is 0 Å². The molecule has 0 aliphatic carbocycles. The van der Waals surface area contributed by atoms with Crippen molar-refractivity contribution in [2.24, 2.45) is 0 Å². The third kappa shape index (κ3) is 6.78. The lowest BCUT2D eigenvalue weighted by molar-refractivity contribution is 0.0768. The van der Waals surface area contributed by atoms with E-state index in [1.54, 1.807) is 23.0 Å². The van der Waals surface area contributed by atoms with E-state index in [4.69, 9.17) is 14.2 Å². The van der Waals surface area contributed by atoms with E-state index in [0.717, 1.165) is 61.6 Å². The van der Waals surface area contributed by atoms with Gasteiger partial charge in [0.25, 0.3) is 5.56 Å². The number of hydrogen-bond acceptors (Lipinski definition) is 11. The summed E-state index contributed by atoms with van der Waals surface area (Å²) in [6.07, 6.45) is 3.39. The van der Waals surface area contributed by atoms with Gasteiger partial charge in [-0.2, -0.15) is 4.98 Å². The number of aryl methyl sites for hydroxylation is 1. The van der Waals surface area contributed by atoms with Crippen molar-refractivity contribution < 1.29 is 9.26 Å². The van der Waals surface area contributed by atoms with Gasteiger partial charge in [-0.3, -0.25) is 9.36 Å². The Labute approximate surface area is 271 Å². The summed E-state index contributed by atoms with van der Waals surface area (Å²) in [5, 5.41) is 12.1. The zero-order valence-corrected chi connectivity index (χ0v) is 26.3. The number of benzene rings is 2. The van der Waals surface area contributed by atoms with Crippen LogP contribution in [0.4, 0.5) is 17.3 Å². The minimum absolute atomic E-state index is 0.210. The number of nitrogens with one attached hydrogen (secondary N) is 2. The molecule has 11 nitrogen and oxygen atoms in total. The zero-order valence-electron chi connectivity index (χ0n) is 25.5. The average Bonchev–Trinajstić information content (AvgIpc) is 3.53. The van der Waals surface area contributed by atoms with Gasteiger partial charge in [-0.05, 0) is 48.9 Å². The van der Waals surface area contributed by atoms with Crippen LogP contribution in [0.5, 0.6) is 0 Å². The highest BCUT2D eigenvalue weighted by Crippen LogP contribution is 2.28. The van der Waals surface area contributed by atoms with Crippen LogP contribution in [0.15, 0.2) is 81.4 Å². The highest BCUT2D eigenvalue weighted by Gasteiger charge is 2.20. The summed E-state index contributed by atoms with van der Waals surface area (Å²) < 4.78 is 14.9. The second kappa shape index (κ2) is 13.8. The largest absolute Gasteiger partial charge is 0.379 e. The number of hydrogen-bond donors (Lipinski definition) is 2. The summed E-state index contributed by atoms with van der Waals surface area (Å²) in [5.41, 5.74) is 5.34. The number of morpholine rings is 1. The van der Waals surface area contributed by atoms with Crippen LogP contribution in [-0.2, 0) is 11.3 Å². The summed E-state index contributed by atoms with van der Waals surface area (Å²) in [7, 11) is 0. The van der Waals surface area contributed by atoms with Crippen molar-refractivity contribution in [2.45, 2.75) is 18.6 Å². The predicted molar refractivity (Wildman–Crippen MR) is 180 cm³/mol. The first-order chi connectivity index (χ1) is 22.6. The molecule has 0 radical (unpaired) electrons. The van der Waals surface area contributed by atoms with E-state index >= 15 is 0 Å². The molecule has 2 saturated heterocycles. The van der Waals surface area contributed by atoms with Crippen LogP contribution < -0.4 is 21.1 Å². The monoisotopic (exact) mass is 634 g/mol. The summed E-state index contributed by atoms with van der Waals surface area (Å²) in [5.74, 6) is 6.69. The number of anilines is 3. The lowest BCUT2D eigenvalue weighted by Gasteiger charge is -2.29. The molecule has 2 N–H and O–H groups in total. The van der Waals surface area contributed by atoms with E-state index in [-0.39, 0.29) is 12.1 Å². The maximum Gasteiger partial charge on any atom is 0.268 e. The maximum absolute atomic E-state index is 14.1. The fraction of sp³-hybridized carbons (Fsp3) is 0.294. The SMILES string of the molecule is Cc1ccccc1C#Cc1cc2cnc(Nc3ccc(N4CCNCC4)cc3)nc2n(Cc2cnoc2SN2CCOCC2)c1=O. The normalized spacial score (nSPS) is 15.5. The Morgan fingerprint density at radius 1 is 0.978 bits per heavy atom. The van der Waals surface area contributed by atoms with Gasteiger partial charge in [-0.25, -0.2) is 9.29 Å². The minimum atomic E-state index is -0.248. The summed E-state index contributed by atoms with van der Waals surface area (Å²) >= 11 is 1.49. The molecule has 0 bridgehead atoms. The number of rotatable bonds is 7. The molecule has 2 fully saturated rings. The van der Waals surface area contributed by atoms with Crippen molar-refractivity contribution in [1.29, 1.82) is 0 Å². The van der Waals surface area contributed by atoms with Crippen molar-refractivity contribution in [1.82, 2.24) is 29.3 Å². The lowest BCUT2D eigenvalue weighted by atomic mass is 10.1. The number of fused-ring (bicyclic) bond motifs is 1. The van der Waals surface area contributed by atoms with E-state index in [1.165, 1.54) is 17.6 Å². The Kier molecular flexibility index (Phi) is 8.98. The molecule has 46 heavy (non-hydrogen) atoms. The molecule has 5 aromatic rings. The number of pyridine rings is 1. The minimum Gasteiger partial charge on any atom is -0.379 e. The molecular weight excluding hydrogens is 600 g/mol. The molecule has 0 amide bonds.